The first-order valence-corrected chi connectivity index (χ1v) is 13.4. The van der Waals surface area contributed by atoms with Gasteiger partial charge in [0, 0.05) is 11.0 Å². The summed E-state index contributed by atoms with van der Waals surface area (Å²) in [6.07, 6.45) is 1.00. The molecule has 1 aromatic heterocycles. The molecule has 0 aliphatic rings. The fourth-order valence-electron chi connectivity index (χ4n) is 5.60. The maximum absolute atomic E-state index is 4.84. The molecular formula is C34H43N3. The maximum atomic E-state index is 4.84. The Morgan fingerprint density at radius 3 is 1.92 bits per heavy atom. The van der Waals surface area contributed by atoms with Gasteiger partial charge in [-0.2, -0.15) is 0 Å². The Bertz CT molecular complexity index is 1390. The van der Waals surface area contributed by atoms with Gasteiger partial charge in [0.1, 0.15) is 5.82 Å². The Morgan fingerprint density at radius 1 is 0.676 bits per heavy atom. The summed E-state index contributed by atoms with van der Waals surface area (Å²) in [4.78, 5) is 0. The second-order valence-corrected chi connectivity index (χ2v) is 13.5. The van der Waals surface area contributed by atoms with E-state index in [1.807, 2.05) is 0 Å². The molecule has 1 heterocycles. The van der Waals surface area contributed by atoms with Crippen molar-refractivity contribution in [2.45, 2.75) is 86.5 Å². The minimum Gasteiger partial charge on any atom is -0.278 e. The summed E-state index contributed by atoms with van der Waals surface area (Å²) in [6.45, 7) is 22.5. The van der Waals surface area contributed by atoms with Crippen LogP contribution in [0.1, 0.15) is 84.3 Å². The van der Waals surface area contributed by atoms with Crippen LogP contribution in [-0.2, 0) is 10.8 Å². The van der Waals surface area contributed by atoms with Gasteiger partial charge in [0.15, 0.2) is 5.82 Å². The molecule has 37 heavy (non-hydrogen) atoms. The second-order valence-electron chi connectivity index (χ2n) is 13.5. The number of rotatable bonds is 5. The SMILES string of the molecule is Cc1ccc(-n2c(-c3cccc(-c4ccc(C(C)(C)C)cc4)c3)nnc2C(C)(C)CC(C)(C)C)c(C)c1. The summed E-state index contributed by atoms with van der Waals surface area (Å²) in [5.74, 6) is 1.89. The molecule has 3 heteroatoms. The molecule has 0 amide bonds. The quantitative estimate of drug-likeness (QED) is 0.277. The van der Waals surface area contributed by atoms with E-state index in [-0.39, 0.29) is 16.2 Å². The number of aryl methyl sites for hydroxylation is 2. The highest BCUT2D eigenvalue weighted by Crippen LogP contribution is 2.39. The van der Waals surface area contributed by atoms with Crippen molar-refractivity contribution in [3.8, 4) is 28.2 Å². The van der Waals surface area contributed by atoms with Crippen molar-refractivity contribution in [1.29, 1.82) is 0 Å². The van der Waals surface area contributed by atoms with Gasteiger partial charge in [0.25, 0.3) is 0 Å². The third kappa shape index (κ3) is 5.87. The molecule has 194 valence electrons. The zero-order valence-corrected chi connectivity index (χ0v) is 24.4. The van der Waals surface area contributed by atoms with Gasteiger partial charge in [-0.3, -0.25) is 4.57 Å². The minimum atomic E-state index is -0.152. The topological polar surface area (TPSA) is 30.7 Å². The smallest absolute Gasteiger partial charge is 0.168 e. The third-order valence-corrected chi connectivity index (χ3v) is 7.04. The van der Waals surface area contributed by atoms with E-state index < -0.39 is 0 Å². The predicted molar refractivity (Wildman–Crippen MR) is 158 cm³/mol. The van der Waals surface area contributed by atoms with Crippen molar-refractivity contribution in [1.82, 2.24) is 14.8 Å². The van der Waals surface area contributed by atoms with Crippen LogP contribution in [0.5, 0.6) is 0 Å². The normalized spacial score (nSPS) is 12.7. The fraction of sp³-hybridized carbons (Fsp3) is 0.412. The Balaban J connectivity index is 1.87. The van der Waals surface area contributed by atoms with Crippen LogP contribution < -0.4 is 0 Å². The summed E-state index contributed by atoms with van der Waals surface area (Å²) < 4.78 is 2.29. The Kier molecular flexibility index (Phi) is 6.96. The van der Waals surface area contributed by atoms with Crippen LogP contribution in [0, 0.1) is 19.3 Å². The number of hydrogen-bond acceptors (Lipinski definition) is 2. The highest BCUT2D eigenvalue weighted by molar-refractivity contribution is 5.71. The molecule has 0 fully saturated rings. The molecule has 4 aromatic rings. The van der Waals surface area contributed by atoms with Gasteiger partial charge >= 0.3 is 0 Å². The van der Waals surface area contributed by atoms with E-state index in [1.165, 1.54) is 27.8 Å². The minimum absolute atomic E-state index is 0.138. The molecule has 0 aliphatic carbocycles. The largest absolute Gasteiger partial charge is 0.278 e. The summed E-state index contributed by atoms with van der Waals surface area (Å²) in [5, 5.41) is 9.66. The molecule has 0 aliphatic heterocycles. The van der Waals surface area contributed by atoms with Crippen LogP contribution in [0.3, 0.4) is 0 Å². The van der Waals surface area contributed by atoms with Crippen molar-refractivity contribution < 1.29 is 0 Å². The average Bonchev–Trinajstić information content (AvgIpc) is 3.23. The molecule has 4 rings (SSSR count). The van der Waals surface area contributed by atoms with Gasteiger partial charge in [-0.15, -0.1) is 10.2 Å². The molecule has 0 bridgehead atoms. The zero-order valence-electron chi connectivity index (χ0n) is 24.4. The van der Waals surface area contributed by atoms with E-state index in [4.69, 9.17) is 10.2 Å². The first-order valence-electron chi connectivity index (χ1n) is 13.4. The summed E-state index contributed by atoms with van der Waals surface area (Å²) >= 11 is 0. The van der Waals surface area contributed by atoms with Crippen LogP contribution in [0.4, 0.5) is 0 Å². The van der Waals surface area contributed by atoms with Gasteiger partial charge in [0.2, 0.25) is 0 Å². The standard InChI is InChI=1S/C34H43N3/c1-23-14-19-29(24(2)20-23)37-30(35-36-31(37)34(9,10)22-32(3,4)5)27-13-11-12-26(21-27)25-15-17-28(18-16-25)33(6,7)8/h11-21H,22H2,1-10H3. The van der Waals surface area contributed by atoms with Gasteiger partial charge in [-0.25, -0.2) is 0 Å². The maximum Gasteiger partial charge on any atom is 0.168 e. The molecule has 0 N–H and O–H groups in total. The molecule has 0 radical (unpaired) electrons. The summed E-state index contributed by atoms with van der Waals surface area (Å²) in [7, 11) is 0. The van der Waals surface area contributed by atoms with Gasteiger partial charge < -0.3 is 0 Å². The van der Waals surface area contributed by atoms with E-state index in [1.54, 1.807) is 0 Å². The Morgan fingerprint density at radius 2 is 1.32 bits per heavy atom. The second kappa shape index (κ2) is 9.59. The van der Waals surface area contributed by atoms with Crippen LogP contribution in [0.15, 0.2) is 66.7 Å². The average molecular weight is 494 g/mol. The van der Waals surface area contributed by atoms with Crippen LogP contribution in [-0.4, -0.2) is 14.8 Å². The van der Waals surface area contributed by atoms with Crippen molar-refractivity contribution in [2.75, 3.05) is 0 Å². The molecule has 3 nitrogen and oxygen atoms in total. The summed E-state index contributed by atoms with van der Waals surface area (Å²) in [6, 6.07) is 24.3. The number of benzene rings is 3. The Labute approximate surface area is 224 Å². The van der Waals surface area contributed by atoms with Crippen molar-refractivity contribution in [2.24, 2.45) is 5.41 Å². The molecule has 0 atom stereocenters. The zero-order chi connectivity index (χ0) is 27.2. The number of aromatic nitrogens is 3. The first-order chi connectivity index (χ1) is 17.2. The molecule has 0 saturated carbocycles. The molecule has 0 saturated heterocycles. The highest BCUT2D eigenvalue weighted by Gasteiger charge is 2.34. The van der Waals surface area contributed by atoms with Gasteiger partial charge in [-0.05, 0) is 65.5 Å². The van der Waals surface area contributed by atoms with E-state index in [9.17, 15) is 0 Å². The lowest BCUT2D eigenvalue weighted by molar-refractivity contribution is 0.272. The number of hydrogen-bond donors (Lipinski definition) is 0. The van der Waals surface area contributed by atoms with Crippen LogP contribution in [0.2, 0.25) is 0 Å². The van der Waals surface area contributed by atoms with Crippen molar-refractivity contribution in [3.63, 3.8) is 0 Å². The molecule has 3 aromatic carbocycles. The third-order valence-electron chi connectivity index (χ3n) is 7.04. The lowest BCUT2D eigenvalue weighted by Crippen LogP contribution is -2.28. The van der Waals surface area contributed by atoms with Crippen molar-refractivity contribution in [3.05, 3.63) is 89.2 Å². The van der Waals surface area contributed by atoms with Crippen LogP contribution >= 0.6 is 0 Å². The predicted octanol–water partition coefficient (Wildman–Crippen LogP) is 9.23. The van der Waals surface area contributed by atoms with E-state index in [0.717, 1.165) is 29.3 Å². The van der Waals surface area contributed by atoms with E-state index in [2.05, 4.69) is 141 Å². The molecule has 0 spiro atoms. The fourth-order valence-corrected chi connectivity index (χ4v) is 5.60. The van der Waals surface area contributed by atoms with Gasteiger partial charge in [0.05, 0.1) is 5.69 Å². The Hall–Kier alpha value is -3.20. The molecule has 0 unspecified atom stereocenters. The number of nitrogens with zero attached hydrogens (tertiary/aromatic N) is 3. The monoisotopic (exact) mass is 493 g/mol. The first kappa shape index (κ1) is 26.9. The van der Waals surface area contributed by atoms with E-state index >= 15 is 0 Å². The molecular weight excluding hydrogens is 450 g/mol. The highest BCUT2D eigenvalue weighted by atomic mass is 15.3. The van der Waals surface area contributed by atoms with Crippen molar-refractivity contribution >= 4 is 0 Å². The van der Waals surface area contributed by atoms with Gasteiger partial charge in [-0.1, -0.05) is 116 Å². The van der Waals surface area contributed by atoms with Crippen LogP contribution in [0.25, 0.3) is 28.2 Å². The summed E-state index contributed by atoms with van der Waals surface area (Å²) in [5.41, 5.74) is 8.58. The van der Waals surface area contributed by atoms with E-state index in [0.29, 0.717) is 0 Å². The lowest BCUT2D eigenvalue weighted by Gasteiger charge is -2.32. The lowest BCUT2D eigenvalue weighted by atomic mass is 9.75.